The lowest BCUT2D eigenvalue weighted by Crippen LogP contribution is -2.38. The molecule has 30 heavy (non-hydrogen) atoms. The van der Waals surface area contributed by atoms with E-state index in [0.29, 0.717) is 24.1 Å². The molecular formula is C23H33N3O3S. The molecule has 3 rings (SSSR count). The minimum Gasteiger partial charge on any atom is -0.492 e. The first-order chi connectivity index (χ1) is 14.3. The van der Waals surface area contributed by atoms with Crippen molar-refractivity contribution in [3.05, 3.63) is 45.9 Å². The molecule has 0 radical (unpaired) electrons. The molecule has 1 aromatic heterocycles. The molecule has 0 saturated carbocycles. The van der Waals surface area contributed by atoms with E-state index in [9.17, 15) is 4.79 Å². The van der Waals surface area contributed by atoms with E-state index >= 15 is 0 Å². The Morgan fingerprint density at radius 2 is 2.10 bits per heavy atom. The van der Waals surface area contributed by atoms with Gasteiger partial charge >= 0.3 is 0 Å². The van der Waals surface area contributed by atoms with Crippen LogP contribution in [0.5, 0.6) is 5.75 Å². The van der Waals surface area contributed by atoms with Gasteiger partial charge in [-0.2, -0.15) is 0 Å². The number of aromatic nitrogens is 1. The molecule has 1 fully saturated rings. The predicted molar refractivity (Wildman–Crippen MR) is 120 cm³/mol. The molecule has 2 heterocycles. The van der Waals surface area contributed by atoms with Gasteiger partial charge in [0.15, 0.2) is 0 Å². The fourth-order valence-electron chi connectivity index (χ4n) is 3.36. The fraction of sp³-hybridized carbons (Fsp3) is 0.565. The summed E-state index contributed by atoms with van der Waals surface area (Å²) in [6.45, 7) is 9.97. The van der Waals surface area contributed by atoms with Crippen LogP contribution in [0.2, 0.25) is 0 Å². The van der Waals surface area contributed by atoms with Crippen molar-refractivity contribution in [1.29, 1.82) is 0 Å². The van der Waals surface area contributed by atoms with Gasteiger partial charge in [-0.25, -0.2) is 4.98 Å². The number of nitrogens with one attached hydrogen (secondary N) is 1. The second kappa shape index (κ2) is 10.4. The lowest BCUT2D eigenvalue weighted by Gasteiger charge is -2.31. The van der Waals surface area contributed by atoms with Crippen molar-refractivity contribution in [2.75, 3.05) is 33.4 Å². The zero-order valence-corrected chi connectivity index (χ0v) is 19.3. The average molecular weight is 432 g/mol. The van der Waals surface area contributed by atoms with Crippen LogP contribution in [-0.2, 0) is 16.7 Å². The molecule has 0 spiro atoms. The highest BCUT2D eigenvalue weighted by Crippen LogP contribution is 2.26. The second-order valence-corrected chi connectivity index (χ2v) is 9.81. The number of rotatable bonds is 8. The summed E-state index contributed by atoms with van der Waals surface area (Å²) in [6.07, 6.45) is 3.83. The highest BCUT2D eigenvalue weighted by atomic mass is 32.1. The molecule has 0 unspecified atom stereocenters. The summed E-state index contributed by atoms with van der Waals surface area (Å²) in [7, 11) is 2.15. The van der Waals surface area contributed by atoms with E-state index in [1.165, 1.54) is 11.3 Å². The van der Waals surface area contributed by atoms with E-state index in [1.807, 2.05) is 24.3 Å². The topological polar surface area (TPSA) is 63.7 Å². The molecule has 7 heteroatoms. The standard InChI is InChI=1S/C23H33N3O3S/c1-23(2,3)22-25-16-20(30-22)21(27)24-15-17-6-5-7-19(14-17)29-13-10-26(4)18-8-11-28-12-9-18/h5-7,14,16,18H,8-13,15H2,1-4H3,(H,24,27). The summed E-state index contributed by atoms with van der Waals surface area (Å²) in [4.78, 5) is 19.8. The van der Waals surface area contributed by atoms with Crippen LogP contribution < -0.4 is 10.1 Å². The second-order valence-electron chi connectivity index (χ2n) is 8.78. The first kappa shape index (κ1) is 22.7. The molecule has 0 atom stereocenters. The summed E-state index contributed by atoms with van der Waals surface area (Å²) in [5.41, 5.74) is 0.965. The van der Waals surface area contributed by atoms with Crippen LogP contribution in [-0.4, -0.2) is 55.2 Å². The van der Waals surface area contributed by atoms with Crippen LogP contribution >= 0.6 is 11.3 Å². The van der Waals surface area contributed by atoms with Crippen molar-refractivity contribution >= 4 is 17.2 Å². The number of thiazole rings is 1. The molecule has 6 nitrogen and oxygen atoms in total. The number of carbonyl (C=O) groups excluding carboxylic acids is 1. The minimum absolute atomic E-state index is 0.0479. The van der Waals surface area contributed by atoms with E-state index in [4.69, 9.17) is 9.47 Å². The fourth-order valence-corrected chi connectivity index (χ4v) is 4.25. The zero-order valence-electron chi connectivity index (χ0n) is 18.4. The Morgan fingerprint density at radius 1 is 1.33 bits per heavy atom. The number of likely N-dealkylation sites (N-methyl/N-ethyl adjacent to an activating group) is 1. The average Bonchev–Trinajstić information content (AvgIpc) is 3.24. The Morgan fingerprint density at radius 3 is 2.80 bits per heavy atom. The van der Waals surface area contributed by atoms with Crippen molar-refractivity contribution in [2.45, 2.75) is 51.6 Å². The Bertz CT molecular complexity index is 825. The SMILES string of the molecule is CN(CCOc1cccc(CNC(=O)c2cnc(C(C)(C)C)s2)c1)C1CCOCC1. The van der Waals surface area contributed by atoms with Crippen LogP contribution in [0, 0.1) is 0 Å². The van der Waals surface area contributed by atoms with Gasteiger partial charge in [0.1, 0.15) is 17.2 Å². The Kier molecular flexibility index (Phi) is 7.86. The van der Waals surface area contributed by atoms with Crippen LogP contribution in [0.1, 0.15) is 53.9 Å². The molecule has 0 aliphatic carbocycles. The van der Waals surface area contributed by atoms with Gasteiger partial charge in [0, 0.05) is 37.8 Å². The molecule has 1 aliphatic heterocycles. The minimum atomic E-state index is -0.0904. The lowest BCUT2D eigenvalue weighted by atomic mass is 9.98. The van der Waals surface area contributed by atoms with E-state index in [2.05, 4.69) is 43.0 Å². The highest BCUT2D eigenvalue weighted by molar-refractivity contribution is 7.13. The number of carbonyl (C=O) groups is 1. The van der Waals surface area contributed by atoms with Crippen molar-refractivity contribution in [3.8, 4) is 5.75 Å². The maximum atomic E-state index is 12.5. The third kappa shape index (κ3) is 6.52. The van der Waals surface area contributed by atoms with Crippen LogP contribution in [0.3, 0.4) is 0 Å². The van der Waals surface area contributed by atoms with Gasteiger partial charge < -0.3 is 14.8 Å². The Balaban J connectivity index is 1.45. The molecule has 1 N–H and O–H groups in total. The molecular weight excluding hydrogens is 398 g/mol. The van der Waals surface area contributed by atoms with E-state index < -0.39 is 0 Å². The predicted octanol–water partition coefficient (Wildman–Crippen LogP) is 3.86. The molecule has 1 aliphatic rings. The zero-order chi connectivity index (χ0) is 21.6. The molecule has 2 aromatic rings. The van der Waals surface area contributed by atoms with E-state index in [0.717, 1.165) is 48.9 Å². The van der Waals surface area contributed by atoms with Gasteiger partial charge in [0.2, 0.25) is 0 Å². The molecule has 1 saturated heterocycles. The van der Waals surface area contributed by atoms with Gasteiger partial charge in [-0.1, -0.05) is 32.9 Å². The number of benzene rings is 1. The summed E-state index contributed by atoms with van der Waals surface area (Å²) >= 11 is 1.45. The Labute approximate surface area is 183 Å². The number of nitrogens with zero attached hydrogens (tertiary/aromatic N) is 2. The number of ether oxygens (including phenoxy) is 2. The van der Waals surface area contributed by atoms with Crippen LogP contribution in [0.4, 0.5) is 0 Å². The molecule has 1 aromatic carbocycles. The largest absolute Gasteiger partial charge is 0.492 e. The van der Waals surface area contributed by atoms with Crippen molar-refractivity contribution < 1.29 is 14.3 Å². The van der Waals surface area contributed by atoms with Gasteiger partial charge in [0.05, 0.1) is 11.2 Å². The van der Waals surface area contributed by atoms with Gasteiger partial charge in [0.25, 0.3) is 5.91 Å². The van der Waals surface area contributed by atoms with Crippen molar-refractivity contribution in [3.63, 3.8) is 0 Å². The molecule has 1 amide bonds. The Hall–Kier alpha value is -1.96. The van der Waals surface area contributed by atoms with E-state index in [1.54, 1.807) is 6.20 Å². The normalized spacial score (nSPS) is 15.4. The van der Waals surface area contributed by atoms with Crippen LogP contribution in [0.15, 0.2) is 30.5 Å². The van der Waals surface area contributed by atoms with Crippen molar-refractivity contribution in [1.82, 2.24) is 15.2 Å². The monoisotopic (exact) mass is 431 g/mol. The first-order valence-electron chi connectivity index (χ1n) is 10.6. The third-order valence-electron chi connectivity index (χ3n) is 5.25. The van der Waals surface area contributed by atoms with E-state index in [-0.39, 0.29) is 11.3 Å². The number of hydrogen-bond acceptors (Lipinski definition) is 6. The van der Waals surface area contributed by atoms with Gasteiger partial charge in [-0.3, -0.25) is 9.69 Å². The van der Waals surface area contributed by atoms with Crippen LogP contribution in [0.25, 0.3) is 0 Å². The quantitative estimate of drug-likeness (QED) is 0.688. The van der Waals surface area contributed by atoms with Crippen molar-refractivity contribution in [2.24, 2.45) is 0 Å². The number of hydrogen-bond donors (Lipinski definition) is 1. The van der Waals surface area contributed by atoms with Gasteiger partial charge in [-0.15, -0.1) is 11.3 Å². The maximum Gasteiger partial charge on any atom is 0.263 e. The summed E-state index contributed by atoms with van der Waals surface area (Å²) < 4.78 is 11.4. The summed E-state index contributed by atoms with van der Waals surface area (Å²) in [5.74, 6) is 0.738. The van der Waals surface area contributed by atoms with Gasteiger partial charge in [-0.05, 0) is 37.6 Å². The smallest absolute Gasteiger partial charge is 0.263 e. The summed E-state index contributed by atoms with van der Waals surface area (Å²) in [6, 6.07) is 8.48. The third-order valence-corrected chi connectivity index (χ3v) is 6.67. The number of amides is 1. The first-order valence-corrected chi connectivity index (χ1v) is 11.4. The molecule has 0 bridgehead atoms. The molecule has 164 valence electrons. The highest BCUT2D eigenvalue weighted by Gasteiger charge is 2.20. The summed E-state index contributed by atoms with van der Waals surface area (Å²) in [5, 5.41) is 3.95. The lowest BCUT2D eigenvalue weighted by molar-refractivity contribution is 0.0392. The maximum absolute atomic E-state index is 12.5.